The highest BCUT2D eigenvalue weighted by Crippen LogP contribution is 2.25. The number of carboxylic acid groups (broad SMARTS) is 1. The van der Waals surface area contributed by atoms with Gasteiger partial charge in [-0.05, 0) is 33.9 Å². The lowest BCUT2D eigenvalue weighted by molar-refractivity contribution is -0.137. The Labute approximate surface area is 95.9 Å². The summed E-state index contributed by atoms with van der Waals surface area (Å²) < 4.78 is 5.47. The van der Waals surface area contributed by atoms with Crippen LogP contribution in [0.2, 0.25) is 0 Å². The number of rotatable bonds is 5. The van der Waals surface area contributed by atoms with Crippen LogP contribution < -0.4 is 0 Å². The van der Waals surface area contributed by atoms with Gasteiger partial charge >= 0.3 is 5.97 Å². The number of carboxylic acids is 1. The smallest absolute Gasteiger partial charge is 0.304 e. The first-order valence-electron chi connectivity index (χ1n) is 5.40. The highest BCUT2D eigenvalue weighted by atomic mass is 16.4. The van der Waals surface area contributed by atoms with Crippen LogP contribution in [0.15, 0.2) is 10.5 Å². The maximum absolute atomic E-state index is 10.5. The zero-order valence-corrected chi connectivity index (χ0v) is 10.3. The fourth-order valence-corrected chi connectivity index (χ4v) is 1.77. The van der Waals surface area contributed by atoms with Crippen molar-refractivity contribution in [1.82, 2.24) is 4.90 Å². The maximum Gasteiger partial charge on any atom is 0.304 e. The summed E-state index contributed by atoms with van der Waals surface area (Å²) in [5.41, 5.74) is 1.13. The zero-order valence-electron chi connectivity index (χ0n) is 10.3. The number of furan rings is 1. The molecule has 0 saturated carbocycles. The number of hydrogen-bond donors (Lipinski definition) is 1. The van der Waals surface area contributed by atoms with Gasteiger partial charge in [0.25, 0.3) is 0 Å². The van der Waals surface area contributed by atoms with Crippen molar-refractivity contribution in [3.05, 3.63) is 23.2 Å². The molecule has 1 atom stereocenters. The monoisotopic (exact) mass is 225 g/mol. The average molecular weight is 225 g/mol. The van der Waals surface area contributed by atoms with Crippen molar-refractivity contribution in [1.29, 1.82) is 0 Å². The molecule has 1 aromatic rings. The Morgan fingerprint density at radius 3 is 2.62 bits per heavy atom. The van der Waals surface area contributed by atoms with E-state index in [9.17, 15) is 4.79 Å². The van der Waals surface area contributed by atoms with E-state index < -0.39 is 5.97 Å². The van der Waals surface area contributed by atoms with Crippen molar-refractivity contribution in [2.45, 2.75) is 33.2 Å². The van der Waals surface area contributed by atoms with Crippen LogP contribution in [0.4, 0.5) is 0 Å². The molecule has 0 radical (unpaired) electrons. The summed E-state index contributed by atoms with van der Waals surface area (Å²) in [6.45, 7) is 6.45. The summed E-state index contributed by atoms with van der Waals surface area (Å²) in [5, 5.41) is 8.63. The molecule has 90 valence electrons. The van der Waals surface area contributed by atoms with Gasteiger partial charge in [-0.3, -0.25) is 9.69 Å². The Morgan fingerprint density at radius 2 is 2.19 bits per heavy atom. The standard InChI is InChI=1S/C12H19NO3/c1-8-7-11(10(3)16-8)9(2)13(4)6-5-12(14)15/h7,9H,5-6H2,1-4H3,(H,14,15). The molecule has 0 aliphatic heterocycles. The van der Waals surface area contributed by atoms with Crippen molar-refractivity contribution in [3.63, 3.8) is 0 Å². The van der Waals surface area contributed by atoms with Crippen LogP contribution in [0.3, 0.4) is 0 Å². The lowest BCUT2D eigenvalue weighted by atomic mass is 10.1. The molecule has 4 heteroatoms. The zero-order chi connectivity index (χ0) is 12.3. The molecule has 0 aliphatic rings. The molecule has 0 aliphatic carbocycles. The van der Waals surface area contributed by atoms with Gasteiger partial charge < -0.3 is 9.52 Å². The van der Waals surface area contributed by atoms with E-state index in [1.165, 1.54) is 0 Å². The highest BCUT2D eigenvalue weighted by molar-refractivity contribution is 5.66. The van der Waals surface area contributed by atoms with Crippen molar-refractivity contribution in [3.8, 4) is 0 Å². The average Bonchev–Trinajstić information content (AvgIpc) is 2.53. The topological polar surface area (TPSA) is 53.7 Å². The molecule has 4 nitrogen and oxygen atoms in total. The van der Waals surface area contributed by atoms with Crippen LogP contribution in [0, 0.1) is 13.8 Å². The van der Waals surface area contributed by atoms with E-state index >= 15 is 0 Å². The molecule has 0 amide bonds. The largest absolute Gasteiger partial charge is 0.481 e. The van der Waals surface area contributed by atoms with E-state index in [2.05, 4.69) is 6.92 Å². The normalized spacial score (nSPS) is 13.1. The minimum absolute atomic E-state index is 0.163. The van der Waals surface area contributed by atoms with Gasteiger partial charge in [-0.25, -0.2) is 0 Å². The van der Waals surface area contributed by atoms with Gasteiger partial charge in [0, 0.05) is 18.2 Å². The third kappa shape index (κ3) is 3.10. The molecule has 1 rings (SSSR count). The summed E-state index contributed by atoms with van der Waals surface area (Å²) in [5.74, 6) is 1.04. The quantitative estimate of drug-likeness (QED) is 0.835. The fourth-order valence-electron chi connectivity index (χ4n) is 1.77. The first-order valence-corrected chi connectivity index (χ1v) is 5.40. The fraction of sp³-hybridized carbons (Fsp3) is 0.583. The van der Waals surface area contributed by atoms with E-state index in [0.29, 0.717) is 6.54 Å². The summed E-state index contributed by atoms with van der Waals surface area (Å²) in [7, 11) is 1.93. The molecule has 0 spiro atoms. The van der Waals surface area contributed by atoms with Crippen molar-refractivity contribution in [2.24, 2.45) is 0 Å². The predicted octanol–water partition coefficient (Wildman–Crippen LogP) is 2.36. The molecule has 0 fully saturated rings. The molecule has 0 aromatic carbocycles. The number of aryl methyl sites for hydroxylation is 2. The first-order chi connectivity index (χ1) is 7.41. The lowest BCUT2D eigenvalue weighted by Gasteiger charge is -2.23. The Bertz CT molecular complexity index is 370. The van der Waals surface area contributed by atoms with E-state index in [1.54, 1.807) is 0 Å². The van der Waals surface area contributed by atoms with Gasteiger partial charge in [-0.2, -0.15) is 0 Å². The third-order valence-electron chi connectivity index (χ3n) is 2.87. The summed E-state index contributed by atoms with van der Waals surface area (Å²) in [6.07, 6.45) is 0.163. The number of nitrogens with zero attached hydrogens (tertiary/aromatic N) is 1. The first kappa shape index (κ1) is 12.8. The Kier molecular flexibility index (Phi) is 4.12. The second-order valence-corrected chi connectivity index (χ2v) is 4.17. The third-order valence-corrected chi connectivity index (χ3v) is 2.87. The van der Waals surface area contributed by atoms with Crippen LogP contribution in [0.1, 0.15) is 36.5 Å². The SMILES string of the molecule is Cc1cc(C(C)N(C)CCC(=O)O)c(C)o1. The Hall–Kier alpha value is -1.29. The minimum atomic E-state index is -0.765. The van der Waals surface area contributed by atoms with Crippen LogP contribution in [0.5, 0.6) is 0 Å². The lowest BCUT2D eigenvalue weighted by Crippen LogP contribution is -2.25. The molecular weight excluding hydrogens is 206 g/mol. The Morgan fingerprint density at radius 1 is 1.56 bits per heavy atom. The number of carbonyl (C=O) groups is 1. The van der Waals surface area contributed by atoms with Crippen molar-refractivity contribution in [2.75, 3.05) is 13.6 Å². The van der Waals surface area contributed by atoms with E-state index in [0.717, 1.165) is 17.1 Å². The second kappa shape index (κ2) is 5.16. The molecule has 1 heterocycles. The number of hydrogen-bond acceptors (Lipinski definition) is 3. The van der Waals surface area contributed by atoms with E-state index in [4.69, 9.17) is 9.52 Å². The molecule has 16 heavy (non-hydrogen) atoms. The van der Waals surface area contributed by atoms with Gasteiger partial charge in [0.2, 0.25) is 0 Å². The summed E-state index contributed by atoms with van der Waals surface area (Å²) >= 11 is 0. The molecule has 0 bridgehead atoms. The van der Waals surface area contributed by atoms with Crippen LogP contribution in [-0.2, 0) is 4.79 Å². The van der Waals surface area contributed by atoms with Crippen molar-refractivity contribution >= 4 is 5.97 Å². The van der Waals surface area contributed by atoms with Crippen LogP contribution in [-0.4, -0.2) is 29.6 Å². The summed E-state index contributed by atoms with van der Waals surface area (Å²) in [4.78, 5) is 12.5. The van der Waals surface area contributed by atoms with Gasteiger partial charge in [0.15, 0.2) is 0 Å². The van der Waals surface area contributed by atoms with Gasteiger partial charge in [-0.1, -0.05) is 0 Å². The van der Waals surface area contributed by atoms with Gasteiger partial charge in [0.1, 0.15) is 11.5 Å². The maximum atomic E-state index is 10.5. The van der Waals surface area contributed by atoms with Gasteiger partial charge in [0.05, 0.1) is 6.42 Å². The minimum Gasteiger partial charge on any atom is -0.481 e. The second-order valence-electron chi connectivity index (χ2n) is 4.17. The summed E-state index contributed by atoms with van der Waals surface area (Å²) in [6, 6.07) is 2.19. The molecule has 0 saturated heterocycles. The van der Waals surface area contributed by atoms with E-state index in [1.807, 2.05) is 31.9 Å². The molecule has 1 N–H and O–H groups in total. The van der Waals surface area contributed by atoms with Gasteiger partial charge in [-0.15, -0.1) is 0 Å². The highest BCUT2D eigenvalue weighted by Gasteiger charge is 2.17. The van der Waals surface area contributed by atoms with Crippen molar-refractivity contribution < 1.29 is 14.3 Å². The molecular formula is C12H19NO3. The van der Waals surface area contributed by atoms with E-state index in [-0.39, 0.29) is 12.5 Å². The molecule has 1 aromatic heterocycles. The van der Waals surface area contributed by atoms with Crippen LogP contribution >= 0.6 is 0 Å². The molecule has 1 unspecified atom stereocenters. The van der Waals surface area contributed by atoms with Crippen LogP contribution in [0.25, 0.3) is 0 Å². The number of aliphatic carboxylic acids is 1. The predicted molar refractivity (Wildman–Crippen MR) is 61.5 cm³/mol. The Balaban J connectivity index is 2.66.